The summed E-state index contributed by atoms with van der Waals surface area (Å²) in [4.78, 5) is 2.66. The van der Waals surface area contributed by atoms with E-state index in [1.807, 2.05) is 45.9 Å². The van der Waals surface area contributed by atoms with Gasteiger partial charge >= 0.3 is 11.3 Å². The van der Waals surface area contributed by atoms with Gasteiger partial charge in [0.2, 0.25) is 0 Å². The van der Waals surface area contributed by atoms with Crippen molar-refractivity contribution in [1.29, 1.82) is 0 Å². The molecule has 0 aliphatic rings. The SMILES string of the molecule is Cc1ccc(OS(=O)NNc2cc(C)cc(C)c2C)cc1. The van der Waals surface area contributed by atoms with Gasteiger partial charge in [-0.25, -0.2) is 0 Å². The minimum atomic E-state index is -1.66. The number of hydrogen-bond donors (Lipinski definition) is 2. The summed E-state index contributed by atoms with van der Waals surface area (Å²) in [7, 11) is 0. The standard InChI is InChI=1S/C16H20N2O2S/c1-11-5-7-15(8-6-11)20-21(19)18-17-16-10-12(2)9-13(3)14(16)4/h5-10,17-18H,1-4H3. The number of benzene rings is 2. The van der Waals surface area contributed by atoms with Crippen molar-refractivity contribution in [3.63, 3.8) is 0 Å². The van der Waals surface area contributed by atoms with Crippen LogP contribution in [0.5, 0.6) is 5.75 Å². The molecule has 0 saturated heterocycles. The van der Waals surface area contributed by atoms with E-state index in [-0.39, 0.29) is 0 Å². The molecule has 1 atom stereocenters. The summed E-state index contributed by atoms with van der Waals surface area (Å²) >= 11 is -1.66. The number of anilines is 1. The fourth-order valence-corrected chi connectivity index (χ4v) is 2.49. The maximum absolute atomic E-state index is 11.9. The lowest BCUT2D eigenvalue weighted by Gasteiger charge is -2.13. The van der Waals surface area contributed by atoms with Crippen molar-refractivity contribution in [3.8, 4) is 5.75 Å². The van der Waals surface area contributed by atoms with Crippen molar-refractivity contribution < 1.29 is 8.39 Å². The molecule has 0 bridgehead atoms. The van der Waals surface area contributed by atoms with E-state index in [0.29, 0.717) is 5.75 Å². The van der Waals surface area contributed by atoms with E-state index < -0.39 is 11.3 Å². The molecule has 0 heterocycles. The summed E-state index contributed by atoms with van der Waals surface area (Å²) in [5.41, 5.74) is 8.42. The van der Waals surface area contributed by atoms with Crippen LogP contribution in [0.25, 0.3) is 0 Å². The Hall–Kier alpha value is -1.85. The van der Waals surface area contributed by atoms with Crippen LogP contribution in [0.1, 0.15) is 22.3 Å². The number of hydrazine groups is 1. The van der Waals surface area contributed by atoms with Gasteiger partial charge in [-0.05, 0) is 62.6 Å². The van der Waals surface area contributed by atoms with Crippen LogP contribution in [0.4, 0.5) is 5.69 Å². The zero-order valence-electron chi connectivity index (χ0n) is 12.7. The Balaban J connectivity index is 1.97. The predicted octanol–water partition coefficient (Wildman–Crippen LogP) is 3.49. The second-order valence-electron chi connectivity index (χ2n) is 5.11. The molecule has 1 unspecified atom stereocenters. The lowest BCUT2D eigenvalue weighted by atomic mass is 10.1. The summed E-state index contributed by atoms with van der Waals surface area (Å²) in [5.74, 6) is 0.561. The highest BCUT2D eigenvalue weighted by molar-refractivity contribution is 7.78. The summed E-state index contributed by atoms with van der Waals surface area (Å²) < 4.78 is 17.2. The van der Waals surface area contributed by atoms with Gasteiger partial charge in [-0.1, -0.05) is 23.8 Å². The average Bonchev–Trinajstić information content (AvgIpc) is 2.44. The monoisotopic (exact) mass is 304 g/mol. The van der Waals surface area contributed by atoms with Crippen LogP contribution in [-0.4, -0.2) is 4.21 Å². The molecule has 0 amide bonds. The molecule has 4 nitrogen and oxygen atoms in total. The van der Waals surface area contributed by atoms with Gasteiger partial charge in [0.25, 0.3) is 0 Å². The van der Waals surface area contributed by atoms with Gasteiger partial charge in [-0.15, -0.1) is 4.83 Å². The number of aryl methyl sites for hydroxylation is 3. The Labute approximate surface area is 128 Å². The molecule has 0 spiro atoms. The number of rotatable bonds is 5. The van der Waals surface area contributed by atoms with Crippen molar-refractivity contribution in [2.75, 3.05) is 5.43 Å². The molecule has 0 aliphatic heterocycles. The molecule has 0 radical (unpaired) electrons. The van der Waals surface area contributed by atoms with Crippen molar-refractivity contribution in [3.05, 3.63) is 58.7 Å². The summed E-state index contributed by atoms with van der Waals surface area (Å²) in [6.45, 7) is 8.08. The Morgan fingerprint density at radius 2 is 1.62 bits per heavy atom. The molecule has 5 heteroatoms. The van der Waals surface area contributed by atoms with Gasteiger partial charge in [0, 0.05) is 0 Å². The molecule has 0 aromatic heterocycles. The maximum Gasteiger partial charge on any atom is 0.306 e. The number of nitrogens with one attached hydrogen (secondary N) is 2. The molecule has 112 valence electrons. The average molecular weight is 304 g/mol. The van der Waals surface area contributed by atoms with Crippen LogP contribution in [0.15, 0.2) is 36.4 Å². The highest BCUT2D eigenvalue weighted by Crippen LogP contribution is 2.20. The first-order valence-electron chi connectivity index (χ1n) is 6.72. The maximum atomic E-state index is 11.9. The number of hydrogen-bond acceptors (Lipinski definition) is 3. The normalized spacial score (nSPS) is 12.0. The second-order valence-corrected chi connectivity index (χ2v) is 5.95. The fourth-order valence-electron chi connectivity index (χ4n) is 1.97. The van der Waals surface area contributed by atoms with Crippen molar-refractivity contribution in [2.24, 2.45) is 0 Å². The lowest BCUT2D eigenvalue weighted by Crippen LogP contribution is -2.28. The highest BCUT2D eigenvalue weighted by atomic mass is 32.2. The molecule has 2 aromatic rings. The van der Waals surface area contributed by atoms with E-state index in [9.17, 15) is 4.21 Å². The molecule has 2 rings (SSSR count). The summed E-state index contributed by atoms with van der Waals surface area (Å²) in [6.07, 6.45) is 0. The second kappa shape index (κ2) is 6.74. The van der Waals surface area contributed by atoms with Crippen LogP contribution in [0.2, 0.25) is 0 Å². The van der Waals surface area contributed by atoms with Crippen LogP contribution in [0, 0.1) is 27.7 Å². The smallest absolute Gasteiger partial charge is 0.306 e. The molecule has 0 fully saturated rings. The zero-order valence-corrected chi connectivity index (χ0v) is 13.5. The van der Waals surface area contributed by atoms with E-state index in [1.54, 1.807) is 12.1 Å². The minimum Gasteiger partial charge on any atom is -0.388 e. The first-order chi connectivity index (χ1) is 9.95. The van der Waals surface area contributed by atoms with E-state index in [2.05, 4.69) is 16.3 Å². The highest BCUT2D eigenvalue weighted by Gasteiger charge is 2.05. The van der Waals surface area contributed by atoms with Gasteiger partial charge in [-0.3, -0.25) is 0 Å². The van der Waals surface area contributed by atoms with E-state index >= 15 is 0 Å². The third-order valence-corrected chi connectivity index (χ3v) is 3.89. The van der Waals surface area contributed by atoms with E-state index in [1.165, 1.54) is 5.56 Å². The first-order valence-corrected chi connectivity index (χ1v) is 7.79. The van der Waals surface area contributed by atoms with Crippen LogP contribution >= 0.6 is 0 Å². The molecule has 2 N–H and O–H groups in total. The van der Waals surface area contributed by atoms with Crippen molar-refractivity contribution in [2.45, 2.75) is 27.7 Å². The largest absolute Gasteiger partial charge is 0.388 e. The van der Waals surface area contributed by atoms with Crippen molar-refractivity contribution in [1.82, 2.24) is 4.83 Å². The molecular formula is C16H20N2O2S. The first kappa shape index (κ1) is 15.5. The Morgan fingerprint density at radius 3 is 2.29 bits per heavy atom. The van der Waals surface area contributed by atoms with Crippen LogP contribution < -0.4 is 14.4 Å². The van der Waals surface area contributed by atoms with Gasteiger partial charge in [0.1, 0.15) is 5.75 Å². The molecule has 0 aliphatic carbocycles. The van der Waals surface area contributed by atoms with Gasteiger partial charge in [-0.2, -0.15) is 4.21 Å². The fraction of sp³-hybridized carbons (Fsp3) is 0.250. The summed E-state index contributed by atoms with van der Waals surface area (Å²) in [5, 5.41) is 0. The van der Waals surface area contributed by atoms with Gasteiger partial charge < -0.3 is 9.61 Å². The van der Waals surface area contributed by atoms with E-state index in [0.717, 1.165) is 22.4 Å². The van der Waals surface area contributed by atoms with Crippen LogP contribution in [0.3, 0.4) is 0 Å². The minimum absolute atomic E-state index is 0.561. The predicted molar refractivity (Wildman–Crippen MR) is 87.4 cm³/mol. The molecular weight excluding hydrogens is 284 g/mol. The van der Waals surface area contributed by atoms with Crippen LogP contribution in [-0.2, 0) is 11.3 Å². The molecule has 0 saturated carbocycles. The Kier molecular flexibility index (Phi) is 4.98. The van der Waals surface area contributed by atoms with Crippen molar-refractivity contribution >= 4 is 17.0 Å². The Bertz CT molecular complexity index is 654. The van der Waals surface area contributed by atoms with E-state index in [4.69, 9.17) is 4.18 Å². The third-order valence-electron chi connectivity index (χ3n) is 3.27. The topological polar surface area (TPSA) is 50.4 Å². The third kappa shape index (κ3) is 4.31. The zero-order chi connectivity index (χ0) is 15.4. The van der Waals surface area contributed by atoms with Gasteiger partial charge in [0.05, 0.1) is 5.69 Å². The molecule has 2 aromatic carbocycles. The summed E-state index contributed by atoms with van der Waals surface area (Å²) in [6, 6.07) is 11.5. The Morgan fingerprint density at radius 1 is 0.952 bits per heavy atom. The van der Waals surface area contributed by atoms with Gasteiger partial charge in [0.15, 0.2) is 0 Å². The lowest BCUT2D eigenvalue weighted by molar-refractivity contribution is 0.553. The molecule has 21 heavy (non-hydrogen) atoms. The quantitative estimate of drug-likeness (QED) is 0.831.